The number of ether oxygens (including phenoxy) is 1. The monoisotopic (exact) mass is 550 g/mol. The molecule has 4 aliphatic heterocycles. The van der Waals surface area contributed by atoms with E-state index in [9.17, 15) is 29.5 Å². The molecule has 5 heterocycles. The van der Waals surface area contributed by atoms with Crippen LogP contribution < -0.4 is 16.4 Å². The molecule has 0 aromatic carbocycles. The topological polar surface area (TPSA) is 213 Å². The second kappa shape index (κ2) is 9.98. The lowest BCUT2D eigenvalue weighted by Gasteiger charge is -2.48. The number of nitrogen functional groups attached to an aromatic ring is 1. The Morgan fingerprint density at radius 3 is 2.81 bits per heavy atom. The smallest absolute Gasteiger partial charge is 0.449 e. The molecule has 15 nitrogen and oxygen atoms in total. The van der Waals surface area contributed by atoms with Gasteiger partial charge in [-0.05, 0) is 25.5 Å². The summed E-state index contributed by atoms with van der Waals surface area (Å²) < 4.78 is 8.79. The van der Waals surface area contributed by atoms with E-state index in [1.165, 1.54) is 11.8 Å². The van der Waals surface area contributed by atoms with E-state index in [2.05, 4.69) is 25.1 Å². The molecule has 3 atom stereocenters. The number of nitrogens with zero attached hydrogens (tertiary/aromatic N) is 5. The Morgan fingerprint density at radius 1 is 1.35 bits per heavy atom. The Labute approximate surface area is 217 Å². The molecule has 0 aliphatic carbocycles. The molecule has 4 aliphatic rings. The number of thioether (sulfide) groups is 1. The van der Waals surface area contributed by atoms with Crippen molar-refractivity contribution < 1.29 is 34.2 Å². The Hall–Kier alpha value is -3.70. The number of nitrogens with one attached hydrogen (secondary N) is 2. The van der Waals surface area contributed by atoms with E-state index in [4.69, 9.17) is 10.5 Å². The van der Waals surface area contributed by atoms with Crippen molar-refractivity contribution in [1.82, 2.24) is 29.8 Å². The average molecular weight is 551 g/mol. The van der Waals surface area contributed by atoms with Crippen LogP contribution in [0.15, 0.2) is 28.3 Å². The summed E-state index contributed by atoms with van der Waals surface area (Å²) in [6.45, 7) is 2.15. The molecule has 0 saturated carbocycles. The van der Waals surface area contributed by atoms with Gasteiger partial charge in [0.1, 0.15) is 11.4 Å². The third-order valence-corrected chi connectivity index (χ3v) is 8.21. The fourth-order valence-electron chi connectivity index (χ4n) is 4.64. The molecular weight excluding hydrogens is 528 g/mol. The minimum absolute atomic E-state index is 0.0590. The molecule has 3 amide bonds. The Bertz CT molecular complexity index is 1250. The number of nitrogens with two attached hydrogens (primary N) is 1. The minimum Gasteiger partial charge on any atom is -0.449 e. The molecular formula is C20H22N8O7S2. The standard InChI is InChI=1S/C20H22N8O7S2/c21-19-24-13(26-37-19)11(25-34)14(29)23-12-16(31)28-17(35-20(32)33)9(7-36-18(12)28)5-8-2-4-27(15(8)30)10-1-3-22-6-10/h5,10,12,18,22,34H,1-4,6-7H2,(H,23,29)(H,32,33)(H2,21,24,26)/b8-5+,25-11-/t10-,12+,18+/m0/s1. The van der Waals surface area contributed by atoms with Gasteiger partial charge in [-0.15, -0.1) is 11.8 Å². The van der Waals surface area contributed by atoms with Gasteiger partial charge in [0.2, 0.25) is 23.3 Å². The highest BCUT2D eigenvalue weighted by Gasteiger charge is 2.54. The lowest BCUT2D eigenvalue weighted by molar-refractivity contribution is -0.148. The maximum atomic E-state index is 13.0. The summed E-state index contributed by atoms with van der Waals surface area (Å²) >= 11 is 2.07. The first-order valence-corrected chi connectivity index (χ1v) is 13.0. The van der Waals surface area contributed by atoms with Gasteiger partial charge < -0.3 is 36.3 Å². The SMILES string of the molecule is Nc1nc(/C(=N/O)C(=O)N[C@@H]2C(=O)N3C(OC(=O)O)=C(/C=C4\CCN([C@H]5CCNC5)C4=O)CS[C@H]23)ns1. The van der Waals surface area contributed by atoms with E-state index in [0.717, 1.165) is 35.9 Å². The van der Waals surface area contributed by atoms with Crippen molar-refractivity contribution in [2.24, 2.45) is 5.16 Å². The van der Waals surface area contributed by atoms with Crippen molar-refractivity contribution in [3.8, 4) is 0 Å². The molecule has 5 rings (SSSR count). The van der Waals surface area contributed by atoms with Crippen LogP contribution in [0.1, 0.15) is 18.7 Å². The summed E-state index contributed by atoms with van der Waals surface area (Å²) in [4.78, 5) is 56.8. The van der Waals surface area contributed by atoms with Crippen molar-refractivity contribution >= 4 is 58.0 Å². The van der Waals surface area contributed by atoms with Gasteiger partial charge in [0.25, 0.3) is 11.8 Å². The molecule has 0 radical (unpaired) electrons. The van der Waals surface area contributed by atoms with E-state index >= 15 is 0 Å². The van der Waals surface area contributed by atoms with Gasteiger partial charge in [0, 0.05) is 47.6 Å². The number of carbonyl (C=O) groups excluding carboxylic acids is 3. The molecule has 196 valence electrons. The number of rotatable bonds is 6. The maximum Gasteiger partial charge on any atom is 0.512 e. The molecule has 3 fully saturated rings. The largest absolute Gasteiger partial charge is 0.512 e. The lowest BCUT2D eigenvalue weighted by Crippen LogP contribution is -2.70. The molecule has 3 saturated heterocycles. The van der Waals surface area contributed by atoms with Crippen LogP contribution in [-0.2, 0) is 19.1 Å². The number of oxime groups is 1. The number of carboxylic acid groups (broad SMARTS) is 1. The minimum atomic E-state index is -1.62. The van der Waals surface area contributed by atoms with Crippen LogP contribution in [0.2, 0.25) is 0 Å². The molecule has 0 unspecified atom stereocenters. The number of amides is 3. The van der Waals surface area contributed by atoms with Gasteiger partial charge in [0.05, 0.1) is 0 Å². The third kappa shape index (κ3) is 4.60. The molecule has 37 heavy (non-hydrogen) atoms. The molecule has 0 bridgehead atoms. The normalized spacial score (nSPS) is 27.0. The zero-order valence-corrected chi connectivity index (χ0v) is 20.8. The third-order valence-electron chi connectivity index (χ3n) is 6.37. The van der Waals surface area contributed by atoms with Crippen LogP contribution in [0, 0.1) is 0 Å². The van der Waals surface area contributed by atoms with Gasteiger partial charge in [0.15, 0.2) is 5.13 Å². The zero-order valence-electron chi connectivity index (χ0n) is 19.1. The molecule has 6 N–H and O–H groups in total. The summed E-state index contributed by atoms with van der Waals surface area (Å²) in [6, 6.07) is -0.929. The lowest BCUT2D eigenvalue weighted by atomic mass is 10.0. The maximum absolute atomic E-state index is 13.0. The van der Waals surface area contributed by atoms with Crippen LogP contribution >= 0.6 is 23.3 Å². The van der Waals surface area contributed by atoms with Gasteiger partial charge in [-0.1, -0.05) is 5.16 Å². The second-order valence-electron chi connectivity index (χ2n) is 8.53. The van der Waals surface area contributed by atoms with Crippen molar-refractivity contribution in [1.29, 1.82) is 0 Å². The highest BCUT2D eigenvalue weighted by molar-refractivity contribution is 8.00. The highest BCUT2D eigenvalue weighted by Crippen LogP contribution is 2.41. The predicted octanol–water partition coefficient (Wildman–Crippen LogP) is -0.875. The average Bonchev–Trinajstić information content (AvgIpc) is 3.61. The van der Waals surface area contributed by atoms with Crippen molar-refractivity contribution in [2.75, 3.05) is 31.1 Å². The van der Waals surface area contributed by atoms with Crippen molar-refractivity contribution in [3.63, 3.8) is 0 Å². The van der Waals surface area contributed by atoms with Crippen LogP contribution in [0.5, 0.6) is 0 Å². The van der Waals surface area contributed by atoms with Crippen LogP contribution in [-0.4, -0.2) is 102 Å². The van der Waals surface area contributed by atoms with Gasteiger partial charge >= 0.3 is 6.16 Å². The van der Waals surface area contributed by atoms with E-state index < -0.39 is 35.1 Å². The molecule has 1 aromatic rings. The Morgan fingerprint density at radius 2 is 2.16 bits per heavy atom. The fraction of sp³-hybridized carbons (Fsp3) is 0.450. The summed E-state index contributed by atoms with van der Waals surface area (Å²) in [5.41, 5.74) is 5.89. The predicted molar refractivity (Wildman–Crippen MR) is 129 cm³/mol. The number of anilines is 1. The van der Waals surface area contributed by atoms with E-state index in [-0.39, 0.29) is 34.5 Å². The number of carbonyl (C=O) groups is 4. The molecule has 0 spiro atoms. The number of β-lactam (4-membered cyclic amide) rings is 1. The van der Waals surface area contributed by atoms with Gasteiger partial charge in [-0.25, -0.2) is 4.79 Å². The van der Waals surface area contributed by atoms with Crippen molar-refractivity contribution in [2.45, 2.75) is 30.3 Å². The number of likely N-dealkylation sites (tertiary alicyclic amines) is 1. The second-order valence-corrected chi connectivity index (χ2v) is 10.4. The first-order chi connectivity index (χ1) is 17.8. The first kappa shape index (κ1) is 25.0. The summed E-state index contributed by atoms with van der Waals surface area (Å²) in [5.74, 6) is -1.81. The van der Waals surface area contributed by atoms with E-state index in [1.807, 2.05) is 4.90 Å². The molecule has 1 aromatic heterocycles. The number of hydrogen-bond acceptors (Lipinski definition) is 13. The van der Waals surface area contributed by atoms with Crippen LogP contribution in [0.25, 0.3) is 0 Å². The number of fused-ring (bicyclic) bond motifs is 1. The summed E-state index contributed by atoms with van der Waals surface area (Å²) in [7, 11) is 0. The molecule has 17 heteroatoms. The fourth-order valence-corrected chi connectivity index (χ4v) is 6.36. The summed E-state index contributed by atoms with van der Waals surface area (Å²) in [5, 5.41) is 26.6. The Balaban J connectivity index is 1.34. The van der Waals surface area contributed by atoms with Crippen molar-refractivity contribution in [3.05, 3.63) is 28.9 Å². The highest BCUT2D eigenvalue weighted by atomic mass is 32.2. The van der Waals surface area contributed by atoms with Crippen LogP contribution in [0.4, 0.5) is 9.93 Å². The van der Waals surface area contributed by atoms with Gasteiger partial charge in [-0.2, -0.15) is 9.36 Å². The Kier molecular flexibility index (Phi) is 6.74. The van der Waals surface area contributed by atoms with Crippen LogP contribution in [0.3, 0.4) is 0 Å². The quantitative estimate of drug-likeness (QED) is 0.0730. The zero-order chi connectivity index (χ0) is 26.3. The van der Waals surface area contributed by atoms with E-state index in [1.54, 1.807) is 6.08 Å². The van der Waals surface area contributed by atoms with Gasteiger partial charge in [-0.3, -0.25) is 19.3 Å². The summed E-state index contributed by atoms with van der Waals surface area (Å²) in [6.07, 6.45) is 1.35. The number of hydrogen-bond donors (Lipinski definition) is 5. The number of aromatic nitrogens is 2. The first-order valence-electron chi connectivity index (χ1n) is 11.2. The van der Waals surface area contributed by atoms with E-state index in [0.29, 0.717) is 24.1 Å². The number of allylic oxidation sites excluding steroid dienone is 1.